The van der Waals surface area contributed by atoms with Crippen molar-refractivity contribution in [2.24, 2.45) is 5.14 Å². The monoisotopic (exact) mass is 370 g/mol. The number of hydrogen-bond acceptors (Lipinski definition) is 3. The van der Waals surface area contributed by atoms with Crippen LogP contribution in [0.1, 0.15) is 16.7 Å². The number of alkyl halides is 3. The van der Waals surface area contributed by atoms with E-state index < -0.39 is 26.7 Å². The van der Waals surface area contributed by atoms with Gasteiger partial charge in [-0.05, 0) is 53.4 Å². The maximum absolute atomic E-state index is 13.2. The molecule has 0 bridgehead atoms. The molecule has 0 atom stereocenters. The summed E-state index contributed by atoms with van der Waals surface area (Å²) in [7, 11) is -4.52. The second-order valence-electron chi connectivity index (χ2n) is 5.81. The van der Waals surface area contributed by atoms with E-state index in [1.165, 1.54) is 6.07 Å². The number of nitrogens with one attached hydrogen (secondary N) is 1. The number of rotatable bonds is 2. The lowest BCUT2D eigenvalue weighted by atomic mass is 9.97. The van der Waals surface area contributed by atoms with E-state index in [2.05, 4.69) is 5.32 Å². The second kappa shape index (κ2) is 5.57. The number of primary sulfonamides is 1. The predicted octanol–water partition coefficient (Wildman–Crippen LogP) is 2.82. The summed E-state index contributed by atoms with van der Waals surface area (Å²) in [4.78, 5) is 10.5. The number of carbonyl (C=O) groups excluding carboxylic acids is 1. The molecule has 132 valence electrons. The molecule has 3 N–H and O–H groups in total. The molecule has 2 aromatic rings. The zero-order valence-electron chi connectivity index (χ0n) is 12.9. The molecule has 0 radical (unpaired) electrons. The number of hydrogen-bond donors (Lipinski definition) is 2. The molecule has 1 aliphatic heterocycles. The highest BCUT2D eigenvalue weighted by Crippen LogP contribution is 2.38. The van der Waals surface area contributed by atoms with Crippen LogP contribution in [0.25, 0.3) is 11.1 Å². The quantitative estimate of drug-likeness (QED) is 0.852. The molecule has 25 heavy (non-hydrogen) atoms. The third-order valence-corrected chi connectivity index (χ3v) is 4.93. The van der Waals surface area contributed by atoms with Crippen molar-refractivity contribution in [3.8, 4) is 11.1 Å². The lowest BCUT2D eigenvalue weighted by Crippen LogP contribution is -2.19. The molecular weight excluding hydrogens is 357 g/mol. The third-order valence-electron chi connectivity index (χ3n) is 3.96. The zero-order valence-corrected chi connectivity index (χ0v) is 13.8. The van der Waals surface area contributed by atoms with Crippen molar-refractivity contribution in [2.45, 2.75) is 24.4 Å². The molecule has 0 fully saturated rings. The van der Waals surface area contributed by atoms with Crippen LogP contribution in [0.4, 0.5) is 18.9 Å². The van der Waals surface area contributed by atoms with Crippen LogP contribution >= 0.6 is 0 Å². The summed E-state index contributed by atoms with van der Waals surface area (Å²) in [5, 5.41) is 7.58. The van der Waals surface area contributed by atoms with E-state index in [0.717, 1.165) is 12.1 Å². The molecule has 0 saturated heterocycles. The van der Waals surface area contributed by atoms with Crippen molar-refractivity contribution in [1.29, 1.82) is 0 Å². The summed E-state index contributed by atoms with van der Waals surface area (Å²) >= 11 is 0. The van der Waals surface area contributed by atoms with E-state index in [1.54, 1.807) is 19.1 Å². The first-order chi connectivity index (χ1) is 11.5. The van der Waals surface area contributed by atoms with Gasteiger partial charge < -0.3 is 5.32 Å². The second-order valence-corrected chi connectivity index (χ2v) is 7.34. The summed E-state index contributed by atoms with van der Waals surface area (Å²) < 4.78 is 62.6. The molecule has 0 aromatic heterocycles. The van der Waals surface area contributed by atoms with Gasteiger partial charge in [0, 0.05) is 5.69 Å². The van der Waals surface area contributed by atoms with Crippen LogP contribution in [-0.4, -0.2) is 14.3 Å². The number of anilines is 1. The maximum atomic E-state index is 13.2. The number of sulfonamides is 1. The van der Waals surface area contributed by atoms with Gasteiger partial charge in [-0.25, -0.2) is 13.6 Å². The fourth-order valence-corrected chi connectivity index (χ4v) is 3.62. The summed E-state index contributed by atoms with van der Waals surface area (Å²) in [6.45, 7) is 1.73. The van der Waals surface area contributed by atoms with E-state index in [-0.39, 0.29) is 17.9 Å². The minimum absolute atomic E-state index is 0.144. The Morgan fingerprint density at radius 3 is 2.40 bits per heavy atom. The Kier molecular flexibility index (Phi) is 3.88. The Labute approximate surface area is 141 Å². The molecule has 0 unspecified atom stereocenters. The van der Waals surface area contributed by atoms with Crippen molar-refractivity contribution in [3.63, 3.8) is 0 Å². The lowest BCUT2D eigenvalue weighted by Gasteiger charge is -2.14. The normalized spacial score (nSPS) is 14.4. The zero-order chi connectivity index (χ0) is 18.6. The highest BCUT2D eigenvalue weighted by atomic mass is 32.2. The van der Waals surface area contributed by atoms with Gasteiger partial charge in [0.25, 0.3) is 0 Å². The molecule has 0 saturated carbocycles. The van der Waals surface area contributed by atoms with Crippen LogP contribution in [0.2, 0.25) is 0 Å². The van der Waals surface area contributed by atoms with Gasteiger partial charge in [-0.3, -0.25) is 4.79 Å². The molecule has 3 rings (SSSR count). The summed E-state index contributed by atoms with van der Waals surface area (Å²) in [5.74, 6) is -0.184. The average molecular weight is 370 g/mol. The standard InChI is InChI=1S/C16H13F3N2O3S/c1-8-4-10(5-11-7-14(22)21-15(8)11)9-2-3-13(25(20,23)24)12(6-9)16(17,18)19/h2-6H,7H2,1H3,(H,21,22)(H2,20,23,24). The number of nitrogens with two attached hydrogens (primary N) is 1. The Balaban J connectivity index is 2.19. The molecule has 9 heteroatoms. The van der Waals surface area contributed by atoms with E-state index >= 15 is 0 Å². The maximum Gasteiger partial charge on any atom is 0.417 e. The van der Waals surface area contributed by atoms with Crippen LogP contribution in [0.15, 0.2) is 35.2 Å². The Morgan fingerprint density at radius 1 is 1.12 bits per heavy atom. The molecule has 1 heterocycles. The van der Waals surface area contributed by atoms with Crippen LogP contribution in [0, 0.1) is 6.92 Å². The van der Waals surface area contributed by atoms with Crippen LogP contribution in [0.3, 0.4) is 0 Å². The summed E-state index contributed by atoms with van der Waals surface area (Å²) in [6.07, 6.45) is -4.73. The van der Waals surface area contributed by atoms with Crippen LogP contribution in [-0.2, 0) is 27.4 Å². The first kappa shape index (κ1) is 17.4. The third kappa shape index (κ3) is 3.24. The van der Waals surface area contributed by atoms with Crippen LogP contribution in [0.5, 0.6) is 0 Å². The molecule has 1 amide bonds. The first-order valence-corrected chi connectivity index (χ1v) is 8.69. The highest BCUT2D eigenvalue weighted by Gasteiger charge is 2.36. The van der Waals surface area contributed by atoms with Crippen molar-refractivity contribution < 1.29 is 26.4 Å². The highest BCUT2D eigenvalue weighted by molar-refractivity contribution is 7.89. The van der Waals surface area contributed by atoms with Gasteiger partial charge in [-0.2, -0.15) is 13.2 Å². The Morgan fingerprint density at radius 2 is 1.80 bits per heavy atom. The van der Waals surface area contributed by atoms with Crippen molar-refractivity contribution >= 4 is 21.6 Å². The lowest BCUT2D eigenvalue weighted by molar-refractivity contribution is -0.139. The van der Waals surface area contributed by atoms with E-state index in [9.17, 15) is 26.4 Å². The van der Waals surface area contributed by atoms with Gasteiger partial charge in [0.15, 0.2) is 0 Å². The number of amides is 1. The van der Waals surface area contributed by atoms with Gasteiger partial charge in [0.2, 0.25) is 15.9 Å². The SMILES string of the molecule is Cc1cc(-c2ccc(S(N)(=O)=O)c(C(F)(F)F)c2)cc2c1NC(=O)C2. The van der Waals surface area contributed by atoms with Crippen molar-refractivity contribution in [2.75, 3.05) is 5.32 Å². The fourth-order valence-electron chi connectivity index (χ4n) is 2.88. The molecular formula is C16H13F3N2O3S. The van der Waals surface area contributed by atoms with E-state index in [4.69, 9.17) is 5.14 Å². The minimum atomic E-state index is -4.87. The predicted molar refractivity (Wildman–Crippen MR) is 85.3 cm³/mol. The van der Waals surface area contributed by atoms with Gasteiger partial charge in [-0.1, -0.05) is 6.07 Å². The molecule has 2 aromatic carbocycles. The molecule has 1 aliphatic rings. The van der Waals surface area contributed by atoms with Gasteiger partial charge in [-0.15, -0.1) is 0 Å². The molecule has 5 nitrogen and oxygen atoms in total. The Bertz CT molecular complexity index is 998. The Hall–Kier alpha value is -2.39. The van der Waals surface area contributed by atoms with Gasteiger partial charge in [0.1, 0.15) is 0 Å². The number of carbonyl (C=O) groups is 1. The first-order valence-electron chi connectivity index (χ1n) is 7.14. The summed E-state index contributed by atoms with van der Waals surface area (Å²) in [5.41, 5.74) is 1.38. The number of benzene rings is 2. The van der Waals surface area contributed by atoms with Gasteiger partial charge in [0.05, 0.1) is 16.9 Å². The average Bonchev–Trinajstić information content (AvgIpc) is 2.86. The molecule has 0 spiro atoms. The minimum Gasteiger partial charge on any atom is -0.325 e. The molecule has 0 aliphatic carbocycles. The number of aryl methyl sites for hydroxylation is 1. The summed E-state index contributed by atoms with van der Waals surface area (Å²) in [6, 6.07) is 6.12. The van der Waals surface area contributed by atoms with E-state index in [1.807, 2.05) is 0 Å². The van der Waals surface area contributed by atoms with Crippen molar-refractivity contribution in [1.82, 2.24) is 0 Å². The number of fused-ring (bicyclic) bond motifs is 1. The van der Waals surface area contributed by atoms with E-state index in [0.29, 0.717) is 22.4 Å². The smallest absolute Gasteiger partial charge is 0.325 e. The van der Waals surface area contributed by atoms with Crippen LogP contribution < -0.4 is 10.5 Å². The van der Waals surface area contributed by atoms with Crippen molar-refractivity contribution in [3.05, 3.63) is 47.0 Å². The van der Waals surface area contributed by atoms with Gasteiger partial charge >= 0.3 is 6.18 Å². The fraction of sp³-hybridized carbons (Fsp3) is 0.188. The topological polar surface area (TPSA) is 89.3 Å². The largest absolute Gasteiger partial charge is 0.417 e. The number of halogens is 3.